The summed E-state index contributed by atoms with van der Waals surface area (Å²) in [5.74, 6) is 0.452. The van der Waals surface area contributed by atoms with Gasteiger partial charge in [0.1, 0.15) is 5.82 Å². The molecule has 3 rings (SSSR count). The van der Waals surface area contributed by atoms with Gasteiger partial charge in [0.05, 0.1) is 11.9 Å². The summed E-state index contributed by atoms with van der Waals surface area (Å²) < 4.78 is 16.5. The van der Waals surface area contributed by atoms with E-state index in [9.17, 15) is 4.39 Å². The Morgan fingerprint density at radius 2 is 2.26 bits per heavy atom. The molecule has 1 aromatic heterocycles. The van der Waals surface area contributed by atoms with Crippen molar-refractivity contribution in [2.75, 3.05) is 25.0 Å². The molecule has 2 aromatic rings. The van der Waals surface area contributed by atoms with Crippen LogP contribution in [0.1, 0.15) is 18.4 Å². The number of nitrogens with zero attached hydrogens (tertiary/aromatic N) is 4. The molecular formula is C18H25BrFIN6. The monoisotopic (exact) mass is 550 g/mol. The highest BCUT2D eigenvalue weighted by molar-refractivity contribution is 14.0. The second-order valence-corrected chi connectivity index (χ2v) is 7.38. The molecular weight excluding hydrogens is 526 g/mol. The summed E-state index contributed by atoms with van der Waals surface area (Å²) in [6.07, 6.45) is 6.10. The zero-order chi connectivity index (χ0) is 18.5. The molecule has 0 radical (unpaired) electrons. The van der Waals surface area contributed by atoms with Crippen LogP contribution in [0.25, 0.3) is 0 Å². The van der Waals surface area contributed by atoms with Crippen LogP contribution in [0.3, 0.4) is 0 Å². The molecule has 1 atom stereocenters. The van der Waals surface area contributed by atoms with Crippen molar-refractivity contribution < 1.29 is 4.39 Å². The summed E-state index contributed by atoms with van der Waals surface area (Å²) in [5, 5.41) is 10.9. The highest BCUT2D eigenvalue weighted by Crippen LogP contribution is 2.19. The number of hydrogen-bond acceptors (Lipinski definition) is 3. The molecule has 148 valence electrons. The van der Waals surface area contributed by atoms with Gasteiger partial charge in [-0.1, -0.05) is 22.0 Å². The van der Waals surface area contributed by atoms with Crippen molar-refractivity contribution in [3.63, 3.8) is 0 Å². The van der Waals surface area contributed by atoms with Crippen LogP contribution in [-0.2, 0) is 13.6 Å². The first-order valence-corrected chi connectivity index (χ1v) is 9.49. The molecule has 6 nitrogen and oxygen atoms in total. The van der Waals surface area contributed by atoms with Crippen LogP contribution in [0.4, 0.5) is 10.1 Å². The first-order valence-electron chi connectivity index (χ1n) is 8.70. The van der Waals surface area contributed by atoms with Crippen molar-refractivity contribution in [1.82, 2.24) is 20.4 Å². The highest BCUT2D eigenvalue weighted by Gasteiger charge is 2.21. The third kappa shape index (κ3) is 6.06. The van der Waals surface area contributed by atoms with E-state index in [-0.39, 0.29) is 35.8 Å². The lowest BCUT2D eigenvalue weighted by Gasteiger charge is -2.34. The Labute approximate surface area is 184 Å². The number of benzene rings is 1. The fourth-order valence-corrected chi connectivity index (χ4v) is 3.47. The molecule has 0 spiro atoms. The lowest BCUT2D eigenvalue weighted by molar-refractivity contribution is 0.467. The van der Waals surface area contributed by atoms with Crippen LogP contribution in [-0.4, -0.2) is 41.9 Å². The maximum Gasteiger partial charge on any atom is 0.191 e. The maximum atomic E-state index is 14.0. The minimum Gasteiger partial charge on any atom is -0.367 e. The van der Waals surface area contributed by atoms with E-state index in [4.69, 9.17) is 0 Å². The van der Waals surface area contributed by atoms with Crippen molar-refractivity contribution >= 4 is 51.6 Å². The molecule has 1 saturated heterocycles. The maximum absolute atomic E-state index is 14.0. The minimum absolute atomic E-state index is 0. The number of aliphatic imine (C=N–C) groups is 1. The number of hydrogen-bond donors (Lipinski definition) is 2. The molecule has 27 heavy (non-hydrogen) atoms. The number of nitrogens with one attached hydrogen (secondary N) is 2. The Kier molecular flexibility index (Phi) is 8.33. The molecule has 2 N–H and O–H groups in total. The Morgan fingerprint density at radius 1 is 1.44 bits per heavy atom. The van der Waals surface area contributed by atoms with E-state index >= 15 is 0 Å². The number of piperidine rings is 1. The third-order valence-corrected chi connectivity index (χ3v) is 5.00. The van der Waals surface area contributed by atoms with Crippen LogP contribution >= 0.6 is 39.9 Å². The Balaban J connectivity index is 0.00000261. The van der Waals surface area contributed by atoms with Gasteiger partial charge in [0, 0.05) is 56.0 Å². The van der Waals surface area contributed by atoms with E-state index in [1.54, 1.807) is 13.1 Å². The fourth-order valence-electron chi connectivity index (χ4n) is 3.13. The quantitative estimate of drug-likeness (QED) is 0.348. The van der Waals surface area contributed by atoms with Crippen LogP contribution in [0, 0.1) is 5.82 Å². The lowest BCUT2D eigenvalue weighted by atomic mass is 10.1. The molecule has 1 unspecified atom stereocenters. The number of aryl methyl sites for hydroxylation is 1. The van der Waals surface area contributed by atoms with Crippen molar-refractivity contribution in [3.05, 3.63) is 46.4 Å². The molecule has 9 heteroatoms. The predicted octanol–water partition coefficient (Wildman–Crippen LogP) is 3.27. The summed E-state index contributed by atoms with van der Waals surface area (Å²) in [6, 6.07) is 5.36. The average Bonchev–Trinajstić information content (AvgIpc) is 3.06. The topological polar surface area (TPSA) is 57.5 Å². The van der Waals surface area contributed by atoms with Gasteiger partial charge in [-0.2, -0.15) is 5.10 Å². The van der Waals surface area contributed by atoms with E-state index in [1.807, 2.05) is 30.2 Å². The second-order valence-electron chi connectivity index (χ2n) is 6.46. The van der Waals surface area contributed by atoms with Gasteiger partial charge in [0.2, 0.25) is 0 Å². The lowest BCUT2D eigenvalue weighted by Crippen LogP contribution is -2.51. The Morgan fingerprint density at radius 3 is 2.93 bits per heavy atom. The van der Waals surface area contributed by atoms with Crippen molar-refractivity contribution in [3.8, 4) is 0 Å². The van der Waals surface area contributed by atoms with E-state index < -0.39 is 0 Å². The number of halogens is 3. The van der Waals surface area contributed by atoms with Crippen LogP contribution < -0.4 is 15.5 Å². The van der Waals surface area contributed by atoms with Crippen molar-refractivity contribution in [2.24, 2.45) is 12.0 Å². The standard InChI is InChI=1S/C18H24BrFN6.HI/c1-21-18(22-9-13-5-6-14(19)8-17(13)20)24-15-4-3-7-26(11-15)16-10-23-25(2)12-16;/h5-6,8,10,12,15H,3-4,7,9,11H2,1-2H3,(H2,21,22,24);1H. The largest absolute Gasteiger partial charge is 0.367 e. The van der Waals surface area contributed by atoms with Crippen LogP contribution in [0.5, 0.6) is 0 Å². The zero-order valence-corrected chi connectivity index (χ0v) is 19.4. The number of anilines is 1. The number of rotatable bonds is 4. The highest BCUT2D eigenvalue weighted by atomic mass is 127. The van der Waals surface area contributed by atoms with Gasteiger partial charge in [0.25, 0.3) is 0 Å². The van der Waals surface area contributed by atoms with Crippen LogP contribution in [0.2, 0.25) is 0 Å². The van der Waals surface area contributed by atoms with Crippen molar-refractivity contribution in [2.45, 2.75) is 25.4 Å². The Bertz CT molecular complexity index is 781. The van der Waals surface area contributed by atoms with Gasteiger partial charge >= 0.3 is 0 Å². The van der Waals surface area contributed by atoms with Gasteiger partial charge in [-0.25, -0.2) is 4.39 Å². The molecule has 0 aliphatic carbocycles. The van der Waals surface area contributed by atoms with Gasteiger partial charge in [-0.15, -0.1) is 24.0 Å². The molecule has 1 fully saturated rings. The molecule has 0 bridgehead atoms. The third-order valence-electron chi connectivity index (χ3n) is 4.50. The van der Waals surface area contributed by atoms with Gasteiger partial charge < -0.3 is 15.5 Å². The van der Waals surface area contributed by atoms with Gasteiger partial charge in [-0.3, -0.25) is 9.67 Å². The fraction of sp³-hybridized carbons (Fsp3) is 0.444. The average molecular weight is 551 g/mol. The molecule has 1 aliphatic rings. The Hall–Kier alpha value is -1.36. The van der Waals surface area contributed by atoms with E-state index in [1.165, 1.54) is 6.07 Å². The molecule has 0 saturated carbocycles. The van der Waals surface area contributed by atoms with Crippen molar-refractivity contribution in [1.29, 1.82) is 0 Å². The zero-order valence-electron chi connectivity index (χ0n) is 15.5. The molecule has 2 heterocycles. The smallest absolute Gasteiger partial charge is 0.191 e. The number of aromatic nitrogens is 2. The molecule has 1 aliphatic heterocycles. The normalized spacial score (nSPS) is 17.4. The summed E-state index contributed by atoms with van der Waals surface area (Å²) >= 11 is 3.27. The first kappa shape index (κ1) is 21.9. The summed E-state index contributed by atoms with van der Waals surface area (Å²) in [7, 11) is 3.66. The van der Waals surface area contributed by atoms with Gasteiger partial charge in [-0.05, 0) is 25.0 Å². The van der Waals surface area contributed by atoms with E-state index in [2.05, 4.69) is 41.6 Å². The summed E-state index contributed by atoms with van der Waals surface area (Å²) in [5.41, 5.74) is 1.75. The predicted molar refractivity (Wildman–Crippen MR) is 121 cm³/mol. The summed E-state index contributed by atoms with van der Waals surface area (Å²) in [4.78, 5) is 6.60. The number of guanidine groups is 1. The first-order chi connectivity index (χ1) is 12.5. The summed E-state index contributed by atoms with van der Waals surface area (Å²) in [6.45, 7) is 2.30. The van der Waals surface area contributed by atoms with Crippen LogP contribution in [0.15, 0.2) is 40.1 Å². The van der Waals surface area contributed by atoms with Gasteiger partial charge in [0.15, 0.2) is 5.96 Å². The van der Waals surface area contributed by atoms with E-state index in [0.29, 0.717) is 18.1 Å². The minimum atomic E-state index is -0.234. The van der Waals surface area contributed by atoms with E-state index in [0.717, 1.165) is 36.1 Å². The molecule has 1 aromatic carbocycles. The SMILES string of the molecule is CN=C(NCc1ccc(Br)cc1F)NC1CCCN(c2cnn(C)c2)C1.I. The second kappa shape index (κ2) is 10.3. The molecule has 0 amide bonds.